The van der Waals surface area contributed by atoms with E-state index in [9.17, 15) is 26.3 Å². The van der Waals surface area contributed by atoms with E-state index in [1.807, 2.05) is 30.3 Å². The van der Waals surface area contributed by atoms with Crippen molar-refractivity contribution < 1.29 is 26.3 Å². The maximum atomic E-state index is 13.4. The van der Waals surface area contributed by atoms with Crippen LogP contribution in [0.3, 0.4) is 0 Å². The quantitative estimate of drug-likeness (QED) is 0.467. The Kier molecular flexibility index (Phi) is 6.03. The lowest BCUT2D eigenvalue weighted by atomic mass is 10.0. The van der Waals surface area contributed by atoms with Crippen LogP contribution in [-0.2, 0) is 18.9 Å². The number of alkyl halides is 6. The van der Waals surface area contributed by atoms with Crippen LogP contribution in [0.25, 0.3) is 10.9 Å². The topological polar surface area (TPSA) is 28.2 Å². The van der Waals surface area contributed by atoms with Crippen molar-refractivity contribution in [3.63, 3.8) is 0 Å². The number of piperidine rings is 1. The second-order valence-electron chi connectivity index (χ2n) is 7.93. The minimum absolute atomic E-state index is 0.0231. The van der Waals surface area contributed by atoms with E-state index in [-0.39, 0.29) is 17.1 Å². The fraction of sp³-hybridized carbons (Fsp3) is 0.348. The van der Waals surface area contributed by atoms with Crippen molar-refractivity contribution in [3.05, 3.63) is 71.4 Å². The van der Waals surface area contributed by atoms with Crippen LogP contribution < -0.4 is 5.32 Å². The third-order valence-corrected chi connectivity index (χ3v) is 5.63. The summed E-state index contributed by atoms with van der Waals surface area (Å²) in [5.74, 6) is 0. The minimum Gasteiger partial charge on any atom is -0.382 e. The Morgan fingerprint density at radius 1 is 0.875 bits per heavy atom. The van der Waals surface area contributed by atoms with Gasteiger partial charge in [0.15, 0.2) is 0 Å². The minimum atomic E-state index is -4.86. The number of pyridine rings is 1. The van der Waals surface area contributed by atoms with Crippen LogP contribution in [-0.4, -0.2) is 29.0 Å². The zero-order valence-corrected chi connectivity index (χ0v) is 17.0. The second kappa shape index (κ2) is 8.61. The molecule has 0 spiro atoms. The van der Waals surface area contributed by atoms with Gasteiger partial charge in [0.25, 0.3) is 0 Å². The Balaban J connectivity index is 1.58. The molecule has 1 saturated heterocycles. The number of rotatable bonds is 4. The average Bonchev–Trinajstić information content (AvgIpc) is 2.74. The van der Waals surface area contributed by atoms with Gasteiger partial charge in [-0.2, -0.15) is 26.3 Å². The summed E-state index contributed by atoms with van der Waals surface area (Å²) in [4.78, 5) is 5.58. The van der Waals surface area contributed by atoms with E-state index >= 15 is 0 Å². The molecule has 1 fully saturated rings. The maximum absolute atomic E-state index is 13.4. The normalized spacial score (nSPS) is 16.4. The molecule has 0 unspecified atom stereocenters. The van der Waals surface area contributed by atoms with Crippen LogP contribution in [0.2, 0.25) is 0 Å². The summed E-state index contributed by atoms with van der Waals surface area (Å²) in [7, 11) is 0. The molecule has 2 aromatic carbocycles. The molecule has 3 aromatic rings. The van der Waals surface area contributed by atoms with Gasteiger partial charge in [0, 0.05) is 36.7 Å². The van der Waals surface area contributed by atoms with Crippen LogP contribution in [0.1, 0.15) is 29.7 Å². The van der Waals surface area contributed by atoms with Gasteiger partial charge in [0.1, 0.15) is 5.69 Å². The summed E-state index contributed by atoms with van der Waals surface area (Å²) >= 11 is 0. The molecule has 0 atom stereocenters. The van der Waals surface area contributed by atoms with E-state index in [0.29, 0.717) is 12.8 Å². The number of hydrogen-bond donors (Lipinski definition) is 1. The number of benzene rings is 2. The maximum Gasteiger partial charge on any atom is 0.433 e. The van der Waals surface area contributed by atoms with Gasteiger partial charge in [-0.15, -0.1) is 0 Å². The number of hydrogen-bond acceptors (Lipinski definition) is 3. The molecule has 9 heteroatoms. The van der Waals surface area contributed by atoms with Crippen LogP contribution in [0, 0.1) is 0 Å². The molecular weight excluding hydrogens is 432 g/mol. The summed E-state index contributed by atoms with van der Waals surface area (Å²) in [6.45, 7) is 2.24. The Morgan fingerprint density at radius 2 is 1.56 bits per heavy atom. The number of nitrogens with zero attached hydrogens (tertiary/aromatic N) is 2. The highest BCUT2D eigenvalue weighted by molar-refractivity contribution is 5.94. The molecule has 4 rings (SSSR count). The van der Waals surface area contributed by atoms with Crippen LogP contribution >= 0.6 is 0 Å². The number of aromatic nitrogens is 1. The molecule has 1 aliphatic rings. The summed E-state index contributed by atoms with van der Waals surface area (Å²) < 4.78 is 80.4. The van der Waals surface area contributed by atoms with E-state index < -0.39 is 29.1 Å². The lowest BCUT2D eigenvalue weighted by Gasteiger charge is -2.33. The average molecular weight is 453 g/mol. The first kappa shape index (κ1) is 22.4. The highest BCUT2D eigenvalue weighted by Crippen LogP contribution is 2.39. The van der Waals surface area contributed by atoms with Crippen molar-refractivity contribution in [3.8, 4) is 0 Å². The molecular formula is C23H21F6N3. The Hall–Kier alpha value is -2.81. The fourth-order valence-electron chi connectivity index (χ4n) is 4.04. The van der Waals surface area contributed by atoms with Crippen molar-refractivity contribution in [1.82, 2.24) is 9.88 Å². The van der Waals surface area contributed by atoms with Crippen molar-refractivity contribution >= 4 is 16.6 Å². The summed E-state index contributed by atoms with van der Waals surface area (Å²) in [5, 5.41) is 3.09. The lowest BCUT2D eigenvalue weighted by molar-refractivity contribution is -0.142. The van der Waals surface area contributed by atoms with Gasteiger partial charge in [-0.05, 0) is 30.5 Å². The molecule has 0 bridgehead atoms. The van der Waals surface area contributed by atoms with E-state index in [1.54, 1.807) is 0 Å². The third kappa shape index (κ3) is 4.98. The largest absolute Gasteiger partial charge is 0.433 e. The molecule has 1 N–H and O–H groups in total. The SMILES string of the molecule is FC(F)(F)c1cc(NC2CCN(Cc3ccccc3)CC2)c2cccc(C(F)(F)F)c2n1. The molecule has 2 heterocycles. The van der Waals surface area contributed by atoms with Gasteiger partial charge in [0.05, 0.1) is 11.1 Å². The lowest BCUT2D eigenvalue weighted by Crippen LogP contribution is -2.38. The molecule has 170 valence electrons. The standard InChI is InChI=1S/C23H21F6N3/c24-22(25,26)18-8-4-7-17-19(13-20(23(27,28)29)31-21(17)18)30-16-9-11-32(12-10-16)14-15-5-2-1-3-6-15/h1-8,13,16H,9-12,14H2,(H,30,31). The number of anilines is 1. The van der Waals surface area contributed by atoms with Crippen LogP contribution in [0.5, 0.6) is 0 Å². The molecule has 1 aliphatic heterocycles. The first-order valence-corrected chi connectivity index (χ1v) is 10.2. The summed E-state index contributed by atoms with van der Waals surface area (Å²) in [6.07, 6.45) is -8.34. The zero-order chi connectivity index (χ0) is 22.9. The predicted octanol–water partition coefficient (Wildman–Crippen LogP) is 6.35. The van der Waals surface area contributed by atoms with Gasteiger partial charge >= 0.3 is 12.4 Å². The van der Waals surface area contributed by atoms with Crippen molar-refractivity contribution in [2.24, 2.45) is 0 Å². The fourth-order valence-corrected chi connectivity index (χ4v) is 4.04. The van der Waals surface area contributed by atoms with Crippen molar-refractivity contribution in [1.29, 1.82) is 0 Å². The van der Waals surface area contributed by atoms with Crippen LogP contribution in [0.4, 0.5) is 32.0 Å². The Bertz CT molecular complexity index is 1070. The first-order valence-electron chi connectivity index (χ1n) is 10.2. The molecule has 1 aromatic heterocycles. The van der Waals surface area contributed by atoms with E-state index in [4.69, 9.17) is 0 Å². The number of halogens is 6. The highest BCUT2D eigenvalue weighted by Gasteiger charge is 2.37. The molecule has 0 saturated carbocycles. The second-order valence-corrected chi connectivity index (χ2v) is 7.93. The predicted molar refractivity (Wildman–Crippen MR) is 110 cm³/mol. The van der Waals surface area contributed by atoms with Crippen molar-refractivity contribution in [2.75, 3.05) is 18.4 Å². The number of likely N-dealkylation sites (tertiary alicyclic amines) is 1. The molecule has 0 aliphatic carbocycles. The van der Waals surface area contributed by atoms with E-state index in [1.165, 1.54) is 17.7 Å². The van der Waals surface area contributed by atoms with E-state index in [2.05, 4.69) is 15.2 Å². The van der Waals surface area contributed by atoms with Gasteiger partial charge in [-0.25, -0.2) is 4.98 Å². The zero-order valence-electron chi connectivity index (χ0n) is 17.0. The van der Waals surface area contributed by atoms with Gasteiger partial charge < -0.3 is 5.32 Å². The number of fused-ring (bicyclic) bond motifs is 1. The van der Waals surface area contributed by atoms with Crippen LogP contribution in [0.15, 0.2) is 54.6 Å². The first-order chi connectivity index (χ1) is 15.1. The smallest absolute Gasteiger partial charge is 0.382 e. The highest BCUT2D eigenvalue weighted by atomic mass is 19.4. The van der Waals surface area contributed by atoms with Gasteiger partial charge in [0.2, 0.25) is 0 Å². The van der Waals surface area contributed by atoms with E-state index in [0.717, 1.165) is 31.8 Å². The van der Waals surface area contributed by atoms with Gasteiger partial charge in [-0.3, -0.25) is 4.90 Å². The summed E-state index contributed by atoms with van der Waals surface area (Å²) in [5.41, 5.74) is -2.02. The Morgan fingerprint density at radius 3 is 2.19 bits per heavy atom. The summed E-state index contributed by atoms with van der Waals surface area (Å²) in [6, 6.07) is 13.9. The third-order valence-electron chi connectivity index (χ3n) is 5.63. The molecule has 0 radical (unpaired) electrons. The van der Waals surface area contributed by atoms with Crippen molar-refractivity contribution in [2.45, 2.75) is 37.8 Å². The molecule has 3 nitrogen and oxygen atoms in total. The Labute approximate surface area is 181 Å². The molecule has 0 amide bonds. The van der Waals surface area contributed by atoms with Gasteiger partial charge in [-0.1, -0.05) is 42.5 Å². The molecule has 32 heavy (non-hydrogen) atoms. The monoisotopic (exact) mass is 453 g/mol. The number of para-hydroxylation sites is 1. The number of nitrogens with one attached hydrogen (secondary N) is 1.